The number of hydrogen-bond acceptors (Lipinski definition) is 4. The second-order valence-electron chi connectivity index (χ2n) is 4.85. The Kier molecular flexibility index (Phi) is 5.22. The number of ether oxygens (including phenoxy) is 2. The Labute approximate surface area is 125 Å². The van der Waals surface area contributed by atoms with Crippen molar-refractivity contribution in [2.24, 2.45) is 0 Å². The Hall–Kier alpha value is -2.01. The number of methoxy groups -OCH3 is 2. The molecule has 0 aliphatic heterocycles. The molecule has 1 unspecified atom stereocenters. The predicted octanol–water partition coefficient (Wildman–Crippen LogP) is 2.77. The maximum atomic E-state index is 5.34. The summed E-state index contributed by atoms with van der Waals surface area (Å²) in [6.45, 7) is 5.90. The maximum absolute atomic E-state index is 5.34. The first kappa shape index (κ1) is 15.4. The SMILES string of the molecule is CCn1ccnc1CNC(C)c1ccc(OC)c(OC)c1. The molecule has 2 rings (SSSR count). The molecule has 1 atom stereocenters. The van der Waals surface area contributed by atoms with E-state index in [9.17, 15) is 0 Å². The summed E-state index contributed by atoms with van der Waals surface area (Å²) in [5, 5.41) is 3.49. The van der Waals surface area contributed by atoms with Crippen molar-refractivity contribution in [2.45, 2.75) is 33.0 Å². The van der Waals surface area contributed by atoms with Crippen molar-refractivity contribution < 1.29 is 9.47 Å². The molecular formula is C16H23N3O2. The van der Waals surface area contributed by atoms with Gasteiger partial charge < -0.3 is 19.4 Å². The average Bonchev–Trinajstić information content (AvgIpc) is 2.99. The lowest BCUT2D eigenvalue weighted by atomic mass is 10.1. The maximum Gasteiger partial charge on any atom is 0.161 e. The molecule has 0 saturated carbocycles. The Morgan fingerprint density at radius 1 is 1.24 bits per heavy atom. The van der Waals surface area contributed by atoms with Crippen molar-refractivity contribution in [1.82, 2.24) is 14.9 Å². The van der Waals surface area contributed by atoms with E-state index < -0.39 is 0 Å². The van der Waals surface area contributed by atoms with E-state index in [1.807, 2.05) is 30.6 Å². The van der Waals surface area contributed by atoms with Gasteiger partial charge in [-0.25, -0.2) is 4.98 Å². The molecule has 0 bridgehead atoms. The predicted molar refractivity (Wildman–Crippen MR) is 82.7 cm³/mol. The molecule has 5 nitrogen and oxygen atoms in total. The number of aromatic nitrogens is 2. The van der Waals surface area contributed by atoms with Crippen molar-refractivity contribution in [2.75, 3.05) is 14.2 Å². The summed E-state index contributed by atoms with van der Waals surface area (Å²) in [5.74, 6) is 2.54. The molecule has 0 fully saturated rings. The molecule has 2 aromatic rings. The third kappa shape index (κ3) is 3.55. The van der Waals surface area contributed by atoms with E-state index in [-0.39, 0.29) is 6.04 Å². The van der Waals surface area contributed by atoms with Gasteiger partial charge in [0, 0.05) is 25.0 Å². The van der Waals surface area contributed by atoms with Crippen LogP contribution in [0.1, 0.15) is 31.3 Å². The molecule has 0 radical (unpaired) electrons. The highest BCUT2D eigenvalue weighted by Crippen LogP contribution is 2.29. The van der Waals surface area contributed by atoms with Crippen LogP contribution in [0.15, 0.2) is 30.6 Å². The average molecular weight is 289 g/mol. The lowest BCUT2D eigenvalue weighted by Gasteiger charge is -2.16. The number of benzene rings is 1. The smallest absolute Gasteiger partial charge is 0.161 e. The van der Waals surface area contributed by atoms with Gasteiger partial charge in [0.2, 0.25) is 0 Å². The van der Waals surface area contributed by atoms with Gasteiger partial charge >= 0.3 is 0 Å². The molecule has 1 aromatic carbocycles. The summed E-state index contributed by atoms with van der Waals surface area (Å²) < 4.78 is 12.7. The van der Waals surface area contributed by atoms with E-state index in [4.69, 9.17) is 9.47 Å². The molecule has 0 aliphatic carbocycles. The molecule has 0 spiro atoms. The summed E-state index contributed by atoms with van der Waals surface area (Å²) in [6.07, 6.45) is 3.83. The van der Waals surface area contributed by atoms with E-state index in [0.717, 1.165) is 36.0 Å². The molecule has 1 heterocycles. The number of hydrogen-bond donors (Lipinski definition) is 1. The van der Waals surface area contributed by atoms with Crippen molar-refractivity contribution in [3.63, 3.8) is 0 Å². The highest BCUT2D eigenvalue weighted by molar-refractivity contribution is 5.43. The Balaban J connectivity index is 2.05. The van der Waals surface area contributed by atoms with E-state index in [0.29, 0.717) is 0 Å². The van der Waals surface area contributed by atoms with Gasteiger partial charge in [0.15, 0.2) is 11.5 Å². The molecular weight excluding hydrogens is 266 g/mol. The zero-order valence-corrected chi connectivity index (χ0v) is 13.1. The van der Waals surface area contributed by atoms with Crippen molar-refractivity contribution >= 4 is 0 Å². The minimum atomic E-state index is 0.201. The van der Waals surface area contributed by atoms with E-state index in [1.165, 1.54) is 0 Å². The Morgan fingerprint density at radius 3 is 2.67 bits per heavy atom. The van der Waals surface area contributed by atoms with E-state index in [2.05, 4.69) is 28.7 Å². The van der Waals surface area contributed by atoms with Crippen LogP contribution in [-0.4, -0.2) is 23.8 Å². The molecule has 0 amide bonds. The molecule has 0 saturated heterocycles. The Bertz CT molecular complexity index is 581. The van der Waals surface area contributed by atoms with E-state index in [1.54, 1.807) is 14.2 Å². The van der Waals surface area contributed by atoms with Crippen LogP contribution in [0.2, 0.25) is 0 Å². The van der Waals surface area contributed by atoms with Gasteiger partial charge in [-0.15, -0.1) is 0 Å². The van der Waals surface area contributed by atoms with Gasteiger partial charge in [-0.2, -0.15) is 0 Å². The molecule has 114 valence electrons. The number of aryl methyl sites for hydroxylation is 1. The van der Waals surface area contributed by atoms with Gasteiger partial charge in [0.05, 0.1) is 20.8 Å². The lowest BCUT2D eigenvalue weighted by molar-refractivity contribution is 0.354. The van der Waals surface area contributed by atoms with Crippen LogP contribution in [0, 0.1) is 0 Å². The third-order valence-corrected chi connectivity index (χ3v) is 3.62. The minimum Gasteiger partial charge on any atom is -0.493 e. The highest BCUT2D eigenvalue weighted by atomic mass is 16.5. The fraction of sp³-hybridized carbons (Fsp3) is 0.438. The van der Waals surface area contributed by atoms with Crippen LogP contribution < -0.4 is 14.8 Å². The second-order valence-corrected chi connectivity index (χ2v) is 4.85. The molecule has 5 heteroatoms. The van der Waals surface area contributed by atoms with Gasteiger partial charge in [-0.05, 0) is 31.5 Å². The molecule has 1 aromatic heterocycles. The quantitative estimate of drug-likeness (QED) is 0.851. The number of rotatable bonds is 7. The van der Waals surface area contributed by atoms with Crippen LogP contribution in [0.3, 0.4) is 0 Å². The number of imidazole rings is 1. The number of nitrogens with zero attached hydrogens (tertiary/aromatic N) is 2. The highest BCUT2D eigenvalue weighted by Gasteiger charge is 2.11. The standard InChI is InChI=1S/C16H23N3O2/c1-5-19-9-8-17-16(19)11-18-12(2)13-6-7-14(20-3)15(10-13)21-4/h6-10,12,18H,5,11H2,1-4H3. The zero-order chi connectivity index (χ0) is 15.2. The van der Waals surface area contributed by atoms with Gasteiger partial charge in [0.25, 0.3) is 0 Å². The van der Waals surface area contributed by atoms with Gasteiger partial charge in [-0.3, -0.25) is 0 Å². The fourth-order valence-electron chi connectivity index (χ4n) is 2.28. The van der Waals surface area contributed by atoms with Crippen LogP contribution >= 0.6 is 0 Å². The van der Waals surface area contributed by atoms with Crippen LogP contribution in [0.25, 0.3) is 0 Å². The first-order valence-electron chi connectivity index (χ1n) is 7.14. The van der Waals surface area contributed by atoms with Gasteiger partial charge in [-0.1, -0.05) is 6.07 Å². The van der Waals surface area contributed by atoms with Gasteiger partial charge in [0.1, 0.15) is 5.82 Å². The largest absolute Gasteiger partial charge is 0.493 e. The monoisotopic (exact) mass is 289 g/mol. The summed E-state index contributed by atoms with van der Waals surface area (Å²) >= 11 is 0. The van der Waals surface area contributed by atoms with Crippen molar-refractivity contribution in [3.8, 4) is 11.5 Å². The topological polar surface area (TPSA) is 48.3 Å². The normalized spacial score (nSPS) is 12.2. The van der Waals surface area contributed by atoms with Crippen molar-refractivity contribution in [3.05, 3.63) is 42.0 Å². The van der Waals surface area contributed by atoms with Crippen LogP contribution in [0.4, 0.5) is 0 Å². The molecule has 21 heavy (non-hydrogen) atoms. The number of nitrogens with one attached hydrogen (secondary N) is 1. The summed E-state index contributed by atoms with van der Waals surface area (Å²) in [4.78, 5) is 4.37. The first-order valence-corrected chi connectivity index (χ1v) is 7.14. The third-order valence-electron chi connectivity index (χ3n) is 3.62. The van der Waals surface area contributed by atoms with Crippen LogP contribution in [-0.2, 0) is 13.1 Å². The summed E-state index contributed by atoms with van der Waals surface area (Å²) in [7, 11) is 3.29. The molecule has 1 N–H and O–H groups in total. The van der Waals surface area contributed by atoms with Crippen molar-refractivity contribution in [1.29, 1.82) is 0 Å². The molecule has 0 aliphatic rings. The lowest BCUT2D eigenvalue weighted by Crippen LogP contribution is -2.20. The minimum absolute atomic E-state index is 0.201. The Morgan fingerprint density at radius 2 is 2.00 bits per heavy atom. The first-order chi connectivity index (χ1) is 10.2. The summed E-state index contributed by atoms with van der Waals surface area (Å²) in [6, 6.07) is 6.18. The van der Waals surface area contributed by atoms with Crippen LogP contribution in [0.5, 0.6) is 11.5 Å². The zero-order valence-electron chi connectivity index (χ0n) is 13.1. The van der Waals surface area contributed by atoms with E-state index >= 15 is 0 Å². The summed E-state index contributed by atoms with van der Waals surface area (Å²) in [5.41, 5.74) is 1.15. The second kappa shape index (κ2) is 7.13. The fourth-order valence-corrected chi connectivity index (χ4v) is 2.28.